The first kappa shape index (κ1) is 18.6. The van der Waals surface area contributed by atoms with Gasteiger partial charge in [-0.05, 0) is 26.2 Å². The Morgan fingerprint density at radius 3 is 2.75 bits per heavy atom. The van der Waals surface area contributed by atoms with Crippen LogP contribution in [0.4, 0.5) is 0 Å². The summed E-state index contributed by atoms with van der Waals surface area (Å²) in [5.41, 5.74) is -0.952. The Morgan fingerprint density at radius 2 is 2.17 bits per heavy atom. The summed E-state index contributed by atoms with van der Waals surface area (Å²) in [6.07, 6.45) is 5.33. The number of hydrogen-bond acceptors (Lipinski definition) is 5. The lowest BCUT2D eigenvalue weighted by Gasteiger charge is -2.40. The number of nitriles is 1. The van der Waals surface area contributed by atoms with Gasteiger partial charge in [-0.1, -0.05) is 37.9 Å². The van der Waals surface area contributed by atoms with E-state index in [4.69, 9.17) is 0 Å². The number of nitrogens with one attached hydrogen (secondary N) is 1. The molecule has 0 saturated heterocycles. The minimum absolute atomic E-state index is 0.0954. The second kappa shape index (κ2) is 7.88. The highest BCUT2D eigenvalue weighted by Crippen LogP contribution is 2.34. The predicted molar refractivity (Wildman–Crippen MR) is 92.7 cm³/mol. The van der Waals surface area contributed by atoms with Gasteiger partial charge in [0.2, 0.25) is 5.91 Å². The van der Waals surface area contributed by atoms with Crippen LogP contribution < -0.4 is 5.69 Å². The monoisotopic (exact) mass is 351 g/mol. The van der Waals surface area contributed by atoms with Crippen LogP contribution in [0.25, 0.3) is 0 Å². The van der Waals surface area contributed by atoms with Gasteiger partial charge < -0.3 is 4.90 Å². The van der Waals surface area contributed by atoms with E-state index in [1.807, 2.05) is 6.92 Å². The van der Waals surface area contributed by atoms with E-state index >= 15 is 0 Å². The number of aromatic amines is 1. The number of carbonyl (C=O) groups excluding carboxylic acids is 1. The summed E-state index contributed by atoms with van der Waals surface area (Å²) >= 11 is 1.26. The van der Waals surface area contributed by atoms with E-state index in [1.165, 1.54) is 11.8 Å². The predicted octanol–water partition coefficient (Wildman–Crippen LogP) is 2.15. The molecule has 1 saturated carbocycles. The average molecular weight is 351 g/mol. The van der Waals surface area contributed by atoms with Crippen LogP contribution in [0.2, 0.25) is 0 Å². The Bertz CT molecular complexity index is 669. The molecule has 1 aliphatic rings. The molecule has 1 amide bonds. The Balaban J connectivity index is 2.12. The molecular weight excluding hydrogens is 326 g/mol. The largest absolute Gasteiger partial charge is 0.343 e. The lowest BCUT2D eigenvalue weighted by atomic mass is 9.81. The molecule has 1 aliphatic carbocycles. The van der Waals surface area contributed by atoms with Gasteiger partial charge in [0, 0.05) is 13.6 Å². The third-order valence-corrected chi connectivity index (χ3v) is 5.74. The standard InChI is InChI=1S/C16H25N5O2S/c1-4-10-21-14(23)18-19-15(21)24-12(2)13(22)20(3)16(11-17)8-6-5-7-9-16/h12H,4-10H2,1-3H3,(H,18,23)/t12-/m0/s1. The third-order valence-electron chi connectivity index (χ3n) is 4.66. The molecule has 7 nitrogen and oxygen atoms in total. The molecule has 1 atom stereocenters. The van der Waals surface area contributed by atoms with E-state index in [2.05, 4.69) is 16.3 Å². The number of amides is 1. The van der Waals surface area contributed by atoms with Crippen molar-refractivity contribution in [3.05, 3.63) is 10.5 Å². The Kier molecular flexibility index (Phi) is 6.10. The van der Waals surface area contributed by atoms with Gasteiger partial charge in [0.1, 0.15) is 5.54 Å². The Morgan fingerprint density at radius 1 is 1.50 bits per heavy atom. The summed E-state index contributed by atoms with van der Waals surface area (Å²) in [4.78, 5) is 26.2. The van der Waals surface area contributed by atoms with Gasteiger partial charge in [0.25, 0.3) is 0 Å². The first-order valence-corrected chi connectivity index (χ1v) is 9.34. The second-order valence-corrected chi connectivity index (χ2v) is 7.63. The fraction of sp³-hybridized carbons (Fsp3) is 0.750. The molecule has 0 unspecified atom stereocenters. The van der Waals surface area contributed by atoms with Crippen LogP contribution in [0.1, 0.15) is 52.4 Å². The average Bonchev–Trinajstić information content (AvgIpc) is 2.94. The second-order valence-electron chi connectivity index (χ2n) is 6.32. The highest BCUT2D eigenvalue weighted by Gasteiger charge is 2.40. The van der Waals surface area contributed by atoms with Crippen molar-refractivity contribution >= 4 is 17.7 Å². The minimum atomic E-state index is -0.696. The van der Waals surface area contributed by atoms with Crippen LogP contribution in [0.15, 0.2) is 9.95 Å². The molecule has 0 spiro atoms. The van der Waals surface area contributed by atoms with Crippen molar-refractivity contribution < 1.29 is 4.79 Å². The molecule has 1 aromatic rings. The first-order chi connectivity index (χ1) is 11.4. The molecule has 0 aromatic carbocycles. The summed E-state index contributed by atoms with van der Waals surface area (Å²) in [6.45, 7) is 4.35. The lowest BCUT2D eigenvalue weighted by Crippen LogP contribution is -2.52. The van der Waals surface area contributed by atoms with Crippen molar-refractivity contribution in [1.82, 2.24) is 19.7 Å². The van der Waals surface area contributed by atoms with E-state index in [0.717, 1.165) is 38.5 Å². The van der Waals surface area contributed by atoms with Crippen molar-refractivity contribution in [2.75, 3.05) is 7.05 Å². The third kappa shape index (κ3) is 3.66. The quantitative estimate of drug-likeness (QED) is 0.792. The maximum atomic E-state index is 12.8. The zero-order valence-electron chi connectivity index (χ0n) is 14.5. The maximum absolute atomic E-state index is 12.8. The van der Waals surface area contributed by atoms with Crippen LogP contribution in [0, 0.1) is 11.3 Å². The van der Waals surface area contributed by atoms with Crippen LogP contribution >= 0.6 is 11.8 Å². The Labute approximate surface area is 146 Å². The number of carbonyl (C=O) groups is 1. The zero-order valence-corrected chi connectivity index (χ0v) is 15.4. The summed E-state index contributed by atoms with van der Waals surface area (Å²) in [6, 6.07) is 2.37. The fourth-order valence-corrected chi connectivity index (χ4v) is 4.14. The highest BCUT2D eigenvalue weighted by molar-refractivity contribution is 8.00. The van der Waals surface area contributed by atoms with Gasteiger partial charge in [-0.3, -0.25) is 9.36 Å². The van der Waals surface area contributed by atoms with Crippen LogP contribution in [-0.4, -0.2) is 43.4 Å². The smallest absolute Gasteiger partial charge is 0.326 e. The molecule has 2 rings (SSSR count). The molecule has 132 valence electrons. The van der Waals surface area contributed by atoms with E-state index in [9.17, 15) is 14.9 Å². The van der Waals surface area contributed by atoms with E-state index in [-0.39, 0.29) is 11.6 Å². The molecule has 8 heteroatoms. The Hall–Kier alpha value is -1.75. The van der Waals surface area contributed by atoms with Gasteiger partial charge >= 0.3 is 5.69 Å². The van der Waals surface area contributed by atoms with Crippen LogP contribution in [0.3, 0.4) is 0 Å². The summed E-state index contributed by atoms with van der Waals surface area (Å²) in [7, 11) is 1.72. The van der Waals surface area contributed by atoms with E-state index in [0.29, 0.717) is 11.7 Å². The fourth-order valence-electron chi connectivity index (χ4n) is 3.17. The van der Waals surface area contributed by atoms with Crippen molar-refractivity contribution in [3.63, 3.8) is 0 Å². The SMILES string of the molecule is CCCn1c(S[C@@H](C)C(=O)N(C)C2(C#N)CCCCC2)n[nH]c1=O. The van der Waals surface area contributed by atoms with Gasteiger partial charge in [0.05, 0.1) is 11.3 Å². The zero-order chi connectivity index (χ0) is 17.7. The maximum Gasteiger partial charge on any atom is 0.343 e. The highest BCUT2D eigenvalue weighted by atomic mass is 32.2. The van der Waals surface area contributed by atoms with Crippen molar-refractivity contribution in [2.45, 2.75) is 74.9 Å². The molecule has 0 aliphatic heterocycles. The number of aromatic nitrogens is 3. The minimum Gasteiger partial charge on any atom is -0.326 e. The normalized spacial score (nSPS) is 17.9. The van der Waals surface area contributed by atoms with E-state index in [1.54, 1.807) is 23.4 Å². The van der Waals surface area contributed by atoms with Crippen molar-refractivity contribution in [2.24, 2.45) is 0 Å². The molecule has 1 N–H and O–H groups in total. The van der Waals surface area contributed by atoms with Crippen LogP contribution in [0.5, 0.6) is 0 Å². The topological polar surface area (TPSA) is 94.8 Å². The lowest BCUT2D eigenvalue weighted by molar-refractivity contribution is -0.133. The van der Waals surface area contributed by atoms with Crippen molar-refractivity contribution in [1.29, 1.82) is 5.26 Å². The van der Waals surface area contributed by atoms with Gasteiger partial charge in [-0.2, -0.15) is 5.26 Å². The summed E-state index contributed by atoms with van der Waals surface area (Å²) in [5, 5.41) is 16.2. The van der Waals surface area contributed by atoms with Crippen LogP contribution in [-0.2, 0) is 11.3 Å². The molecule has 1 fully saturated rings. The molecule has 1 heterocycles. The number of thioether (sulfide) groups is 1. The van der Waals surface area contributed by atoms with Gasteiger partial charge in [0.15, 0.2) is 5.16 Å². The van der Waals surface area contributed by atoms with E-state index < -0.39 is 10.8 Å². The van der Waals surface area contributed by atoms with Crippen molar-refractivity contribution in [3.8, 4) is 6.07 Å². The first-order valence-electron chi connectivity index (χ1n) is 8.46. The number of hydrogen-bond donors (Lipinski definition) is 1. The summed E-state index contributed by atoms with van der Waals surface area (Å²) < 4.78 is 1.55. The number of H-pyrrole nitrogens is 1. The molecular formula is C16H25N5O2S. The number of nitrogens with zero attached hydrogens (tertiary/aromatic N) is 4. The molecule has 0 radical (unpaired) electrons. The number of rotatable bonds is 6. The summed E-state index contributed by atoms with van der Waals surface area (Å²) in [5.74, 6) is -0.0954. The molecule has 1 aromatic heterocycles. The molecule has 24 heavy (non-hydrogen) atoms. The van der Waals surface area contributed by atoms with Gasteiger partial charge in [-0.15, -0.1) is 5.10 Å². The van der Waals surface area contributed by atoms with Gasteiger partial charge in [-0.25, -0.2) is 9.89 Å². The molecule has 0 bridgehead atoms.